The molecule has 0 aliphatic heterocycles. The van der Waals surface area contributed by atoms with Crippen LogP contribution in [0.25, 0.3) is 33.0 Å². The van der Waals surface area contributed by atoms with Crippen molar-refractivity contribution in [1.29, 1.82) is 0 Å². The number of ether oxygens (including phenoxy) is 1. The van der Waals surface area contributed by atoms with Gasteiger partial charge in [-0.1, -0.05) is 69.0 Å². The predicted octanol–water partition coefficient (Wildman–Crippen LogP) is 13.1. The number of hydrogen-bond acceptors (Lipinski definition) is 1. The lowest BCUT2D eigenvalue weighted by molar-refractivity contribution is -0.189. The third kappa shape index (κ3) is 7.21. The zero-order chi connectivity index (χ0) is 35.7. The molecule has 262 valence electrons. The van der Waals surface area contributed by atoms with Crippen LogP contribution < -0.4 is 4.74 Å². The second-order valence-corrected chi connectivity index (χ2v) is 13.0. The van der Waals surface area contributed by atoms with E-state index in [2.05, 4.69) is 11.7 Å². The van der Waals surface area contributed by atoms with Gasteiger partial charge in [-0.25, -0.2) is 30.7 Å². The smallest absolute Gasteiger partial charge is 0.429 e. The molecule has 0 radical (unpaired) electrons. The molecular formula is C40H33F9O. The molecule has 0 bridgehead atoms. The van der Waals surface area contributed by atoms with Gasteiger partial charge in [0.15, 0.2) is 29.1 Å². The highest BCUT2D eigenvalue weighted by Gasteiger charge is 2.41. The molecule has 0 aromatic heterocycles. The first-order valence-electron chi connectivity index (χ1n) is 16.6. The molecule has 0 N–H and O–H groups in total. The van der Waals surface area contributed by atoms with Gasteiger partial charge >= 0.3 is 6.11 Å². The van der Waals surface area contributed by atoms with Crippen molar-refractivity contribution < 1.29 is 44.3 Å². The predicted molar refractivity (Wildman–Crippen MR) is 174 cm³/mol. The maximum atomic E-state index is 15.5. The molecule has 0 amide bonds. The number of alkyl halides is 2. The first-order valence-corrected chi connectivity index (χ1v) is 16.6. The van der Waals surface area contributed by atoms with Gasteiger partial charge < -0.3 is 4.74 Å². The van der Waals surface area contributed by atoms with Crippen LogP contribution in [-0.4, -0.2) is 0 Å². The molecule has 6 rings (SSSR count). The highest BCUT2D eigenvalue weighted by Crippen LogP contribution is 2.41. The molecule has 1 saturated carbocycles. The summed E-state index contributed by atoms with van der Waals surface area (Å²) in [4.78, 5) is 0. The highest BCUT2D eigenvalue weighted by molar-refractivity contribution is 5.91. The fourth-order valence-electron chi connectivity index (χ4n) is 6.95. The largest absolute Gasteiger partial charge is 0.432 e. The van der Waals surface area contributed by atoms with Gasteiger partial charge in [0.1, 0.15) is 22.9 Å². The van der Waals surface area contributed by atoms with E-state index < -0.39 is 58.1 Å². The van der Waals surface area contributed by atoms with Crippen LogP contribution in [0.2, 0.25) is 0 Å². The second-order valence-electron chi connectivity index (χ2n) is 13.0. The van der Waals surface area contributed by atoms with Crippen molar-refractivity contribution in [1.82, 2.24) is 0 Å². The van der Waals surface area contributed by atoms with Gasteiger partial charge in [-0.05, 0) is 94.8 Å². The van der Waals surface area contributed by atoms with Crippen molar-refractivity contribution in [3.05, 3.63) is 125 Å². The molecule has 1 nitrogen and oxygen atoms in total. The molecule has 1 fully saturated rings. The lowest BCUT2D eigenvalue weighted by Gasteiger charge is -2.29. The van der Waals surface area contributed by atoms with Crippen molar-refractivity contribution in [2.75, 3.05) is 0 Å². The maximum Gasteiger partial charge on any atom is 0.432 e. The van der Waals surface area contributed by atoms with Crippen LogP contribution in [0.4, 0.5) is 39.5 Å². The van der Waals surface area contributed by atoms with Crippen LogP contribution in [0.15, 0.2) is 72.8 Å². The SMILES string of the molecule is CCCCCC1CCC(c2ccc(-c3ccc4cc(-c5cc(F)c(C(F)(F)Oc6cc(F)c(F)c(F)c6)c(F)c5)ccc4c3)c(F)c2F)CC1. The number of fused-ring (bicyclic) bond motifs is 1. The van der Waals surface area contributed by atoms with Crippen molar-refractivity contribution in [3.8, 4) is 28.0 Å². The Balaban J connectivity index is 1.21. The number of hydrogen-bond donors (Lipinski definition) is 0. The minimum atomic E-state index is -4.72. The van der Waals surface area contributed by atoms with E-state index >= 15 is 8.78 Å². The minimum absolute atomic E-state index is 0.0255. The fourth-order valence-corrected chi connectivity index (χ4v) is 6.95. The van der Waals surface area contributed by atoms with E-state index in [1.165, 1.54) is 31.7 Å². The molecule has 1 aliphatic rings. The first-order chi connectivity index (χ1) is 23.9. The molecule has 1 aliphatic carbocycles. The summed E-state index contributed by atoms with van der Waals surface area (Å²) in [5.74, 6) is -11.3. The second kappa shape index (κ2) is 14.4. The van der Waals surface area contributed by atoms with E-state index in [-0.39, 0.29) is 34.7 Å². The standard InChI is InChI=1S/C40H33F9O/c1-2-3-4-5-22-6-8-23(9-7-22)30-14-15-31(38(46)37(30)45)27-13-12-24-16-26(11-10-25(24)17-27)28-18-32(41)36(33(42)19-28)40(48,49)50-29-20-34(43)39(47)35(44)21-29/h10-23H,2-9H2,1H3. The van der Waals surface area contributed by atoms with E-state index in [1.54, 1.807) is 42.5 Å². The van der Waals surface area contributed by atoms with Crippen molar-refractivity contribution >= 4 is 10.8 Å². The number of benzene rings is 5. The Hall–Kier alpha value is -4.47. The zero-order valence-corrected chi connectivity index (χ0v) is 27.0. The summed E-state index contributed by atoms with van der Waals surface area (Å²) in [7, 11) is 0. The Morgan fingerprint density at radius 1 is 0.600 bits per heavy atom. The summed E-state index contributed by atoms with van der Waals surface area (Å²) in [6.45, 7) is 2.17. The zero-order valence-electron chi connectivity index (χ0n) is 27.0. The Morgan fingerprint density at radius 2 is 1.20 bits per heavy atom. The van der Waals surface area contributed by atoms with Crippen LogP contribution >= 0.6 is 0 Å². The molecular weight excluding hydrogens is 667 g/mol. The molecule has 0 saturated heterocycles. The summed E-state index contributed by atoms with van der Waals surface area (Å²) >= 11 is 0. The summed E-state index contributed by atoms with van der Waals surface area (Å²) < 4.78 is 135. The van der Waals surface area contributed by atoms with Crippen LogP contribution in [0.5, 0.6) is 5.75 Å². The summed E-state index contributed by atoms with van der Waals surface area (Å²) in [5, 5.41) is 1.17. The molecule has 50 heavy (non-hydrogen) atoms. The Kier molecular flexibility index (Phi) is 10.2. The van der Waals surface area contributed by atoms with Gasteiger partial charge in [0, 0.05) is 17.7 Å². The van der Waals surface area contributed by atoms with Gasteiger partial charge in [0.2, 0.25) is 0 Å². The van der Waals surface area contributed by atoms with E-state index in [4.69, 9.17) is 0 Å². The third-order valence-electron chi connectivity index (χ3n) is 9.64. The van der Waals surface area contributed by atoms with E-state index in [0.717, 1.165) is 25.7 Å². The van der Waals surface area contributed by atoms with E-state index in [1.807, 2.05) is 0 Å². The van der Waals surface area contributed by atoms with Crippen LogP contribution in [0.1, 0.15) is 75.3 Å². The van der Waals surface area contributed by atoms with Crippen molar-refractivity contribution in [2.24, 2.45) is 5.92 Å². The van der Waals surface area contributed by atoms with Crippen molar-refractivity contribution in [2.45, 2.75) is 70.3 Å². The number of unbranched alkanes of at least 4 members (excludes halogenated alkanes) is 2. The monoisotopic (exact) mass is 700 g/mol. The molecule has 5 aromatic rings. The van der Waals surface area contributed by atoms with E-state index in [9.17, 15) is 30.7 Å². The fraction of sp³-hybridized carbons (Fsp3) is 0.300. The van der Waals surface area contributed by atoms with Gasteiger partial charge in [0.25, 0.3) is 0 Å². The van der Waals surface area contributed by atoms with Gasteiger partial charge in [0.05, 0.1) is 0 Å². The number of rotatable bonds is 10. The molecule has 10 heteroatoms. The van der Waals surface area contributed by atoms with Gasteiger partial charge in [-0.2, -0.15) is 8.78 Å². The van der Waals surface area contributed by atoms with Gasteiger partial charge in [-0.3, -0.25) is 0 Å². The molecule has 0 heterocycles. The summed E-state index contributed by atoms with van der Waals surface area (Å²) in [6, 6.07) is 14.3. The Bertz CT molecular complexity index is 1990. The third-order valence-corrected chi connectivity index (χ3v) is 9.64. The molecule has 5 aromatic carbocycles. The Labute approximate surface area is 283 Å². The molecule has 0 spiro atoms. The normalized spacial score (nSPS) is 16.6. The van der Waals surface area contributed by atoms with Gasteiger partial charge in [-0.15, -0.1) is 0 Å². The molecule has 0 unspecified atom stereocenters. The Morgan fingerprint density at radius 3 is 1.82 bits per heavy atom. The number of halogens is 9. The quantitative estimate of drug-likeness (QED) is 0.0801. The average Bonchev–Trinajstić information content (AvgIpc) is 3.08. The van der Waals surface area contributed by atoms with Crippen LogP contribution in [0.3, 0.4) is 0 Å². The lowest BCUT2D eigenvalue weighted by Crippen LogP contribution is -2.25. The minimum Gasteiger partial charge on any atom is -0.429 e. The van der Waals surface area contributed by atoms with Crippen LogP contribution in [0, 0.1) is 46.6 Å². The summed E-state index contributed by atoms with van der Waals surface area (Å²) in [6.07, 6.45) is 3.73. The topological polar surface area (TPSA) is 9.23 Å². The highest BCUT2D eigenvalue weighted by atomic mass is 19.3. The van der Waals surface area contributed by atoms with E-state index in [0.29, 0.717) is 39.9 Å². The summed E-state index contributed by atoms with van der Waals surface area (Å²) in [5.41, 5.74) is -0.743. The van der Waals surface area contributed by atoms with Crippen LogP contribution in [-0.2, 0) is 6.11 Å². The first kappa shape index (κ1) is 35.4. The maximum absolute atomic E-state index is 15.5. The van der Waals surface area contributed by atoms with Crippen molar-refractivity contribution in [3.63, 3.8) is 0 Å². The lowest BCUT2D eigenvalue weighted by atomic mass is 9.76. The average molecular weight is 701 g/mol. The molecule has 0 atom stereocenters.